The smallest absolute Gasteiger partial charge is 0.328 e. The topological polar surface area (TPSA) is 160 Å². The molecule has 0 fully saturated rings. The molecular weight excluding hydrogens is 278 g/mol. The van der Waals surface area contributed by atoms with Crippen LogP contribution in [-0.4, -0.2) is 92.6 Å². The third kappa shape index (κ3) is 7.07. The Morgan fingerprint density at radius 2 is 1.45 bits per heavy atom. The van der Waals surface area contributed by atoms with E-state index < -0.39 is 56.8 Å². The Labute approximate surface area is 115 Å². The molecule has 0 aliphatic heterocycles. The van der Waals surface area contributed by atoms with E-state index in [1.54, 1.807) is 0 Å². The van der Waals surface area contributed by atoms with E-state index in [-0.39, 0.29) is 0 Å². The van der Waals surface area contributed by atoms with Gasteiger partial charge in [-0.15, -0.1) is 0 Å². The highest BCUT2D eigenvalue weighted by Crippen LogP contribution is 2.09. The molecule has 120 valence electrons. The van der Waals surface area contributed by atoms with E-state index in [2.05, 4.69) is 0 Å². The second kappa shape index (κ2) is 9.96. The van der Waals surface area contributed by atoms with Crippen LogP contribution in [0.25, 0.3) is 0 Å². The first-order valence-corrected chi connectivity index (χ1v) is 5.87. The maximum Gasteiger partial charge on any atom is 0.328 e. The Morgan fingerprint density at radius 3 is 1.70 bits per heavy atom. The van der Waals surface area contributed by atoms with Crippen molar-refractivity contribution in [3.05, 3.63) is 0 Å². The van der Waals surface area contributed by atoms with Crippen molar-refractivity contribution >= 4 is 5.97 Å². The molecule has 0 aliphatic carbocycles. The molecule has 0 saturated heterocycles. The van der Waals surface area contributed by atoms with E-state index in [4.69, 9.17) is 35.2 Å². The van der Waals surface area contributed by atoms with E-state index in [9.17, 15) is 9.90 Å². The number of hydrogen-bond donors (Lipinski definition) is 6. The minimum atomic E-state index is -1.62. The number of aliphatic hydroxyl groups excluding tert-OH is 5. The van der Waals surface area contributed by atoms with Crippen LogP contribution in [-0.2, 0) is 14.5 Å². The van der Waals surface area contributed by atoms with Crippen LogP contribution in [0.3, 0.4) is 0 Å². The lowest BCUT2D eigenvalue weighted by molar-refractivity contribution is -0.400. The average molecular weight is 299 g/mol. The highest BCUT2D eigenvalue weighted by Gasteiger charge is 2.33. The summed E-state index contributed by atoms with van der Waals surface area (Å²) >= 11 is 0. The number of aliphatic carboxylic acids is 1. The lowest BCUT2D eigenvalue weighted by Crippen LogP contribution is -2.49. The molecule has 2 unspecified atom stereocenters. The molecule has 4 atom stereocenters. The lowest BCUT2D eigenvalue weighted by atomic mass is 10.2. The molecular formula is C10H21NO9. The fraction of sp³-hybridized carbons (Fsp3) is 0.900. The highest BCUT2D eigenvalue weighted by atomic mass is 17.0. The summed E-state index contributed by atoms with van der Waals surface area (Å²) in [5.74, 6) is -1.46. The molecule has 10 nitrogen and oxygen atoms in total. The van der Waals surface area contributed by atoms with Gasteiger partial charge in [-0.2, -0.15) is 0 Å². The second-order valence-corrected chi connectivity index (χ2v) is 4.07. The zero-order valence-corrected chi connectivity index (χ0v) is 11.0. The van der Waals surface area contributed by atoms with Crippen molar-refractivity contribution in [2.75, 3.05) is 26.4 Å². The summed E-state index contributed by atoms with van der Waals surface area (Å²) in [6.45, 7) is -1.01. The predicted octanol–water partition coefficient (Wildman–Crippen LogP) is -3.31. The number of hydroxylamine groups is 2. The first kappa shape index (κ1) is 19.1. The maximum absolute atomic E-state index is 11.0. The van der Waals surface area contributed by atoms with Crippen molar-refractivity contribution in [2.45, 2.75) is 31.3 Å². The molecule has 0 bridgehead atoms. The average Bonchev–Trinajstić information content (AvgIpc) is 2.39. The Kier molecular flexibility index (Phi) is 9.54. The first-order valence-electron chi connectivity index (χ1n) is 5.87. The van der Waals surface area contributed by atoms with Gasteiger partial charge in [0.15, 0.2) is 6.04 Å². The van der Waals surface area contributed by atoms with Crippen LogP contribution < -0.4 is 0 Å². The fourth-order valence-electron chi connectivity index (χ4n) is 1.09. The summed E-state index contributed by atoms with van der Waals surface area (Å²) in [5.41, 5.74) is 0. The maximum atomic E-state index is 11.0. The summed E-state index contributed by atoms with van der Waals surface area (Å²) in [4.78, 5) is 20.7. The van der Waals surface area contributed by atoms with Crippen molar-refractivity contribution in [2.24, 2.45) is 0 Å². The van der Waals surface area contributed by atoms with Crippen LogP contribution in [0.15, 0.2) is 0 Å². The number of hydrogen-bond acceptors (Lipinski definition) is 9. The SMILES string of the molecule is C[C@@H](O)[C@@H](C(=O)O)N(OCC(O)CO)OCC(O)CO. The van der Waals surface area contributed by atoms with Gasteiger partial charge in [-0.05, 0) is 12.2 Å². The van der Waals surface area contributed by atoms with E-state index in [0.29, 0.717) is 5.23 Å². The van der Waals surface area contributed by atoms with Crippen molar-refractivity contribution in [3.63, 3.8) is 0 Å². The lowest BCUT2D eigenvalue weighted by Gasteiger charge is -2.29. The molecule has 0 aromatic carbocycles. The van der Waals surface area contributed by atoms with E-state index >= 15 is 0 Å². The predicted molar refractivity (Wildman–Crippen MR) is 63.0 cm³/mol. The van der Waals surface area contributed by atoms with E-state index in [1.807, 2.05) is 0 Å². The second-order valence-electron chi connectivity index (χ2n) is 4.07. The number of carbonyl (C=O) groups is 1. The van der Waals surface area contributed by atoms with Gasteiger partial charge in [0.25, 0.3) is 0 Å². The number of carboxylic acids is 1. The van der Waals surface area contributed by atoms with Gasteiger partial charge in [0.2, 0.25) is 0 Å². The summed E-state index contributed by atoms with van der Waals surface area (Å²) in [6, 6.07) is -1.62. The van der Waals surface area contributed by atoms with Crippen molar-refractivity contribution < 1.29 is 45.1 Å². The van der Waals surface area contributed by atoms with Gasteiger partial charge in [0, 0.05) is 0 Å². The third-order valence-electron chi connectivity index (χ3n) is 2.15. The van der Waals surface area contributed by atoms with Gasteiger partial charge >= 0.3 is 5.97 Å². The molecule has 0 rings (SSSR count). The molecule has 6 N–H and O–H groups in total. The molecule has 0 aliphatic rings. The molecule has 0 aromatic heterocycles. The van der Waals surface area contributed by atoms with Crippen LogP contribution in [0.1, 0.15) is 6.92 Å². The first-order chi connectivity index (χ1) is 9.33. The van der Waals surface area contributed by atoms with Crippen LogP contribution in [0.5, 0.6) is 0 Å². The molecule has 0 saturated carbocycles. The van der Waals surface area contributed by atoms with Crippen molar-refractivity contribution in [1.29, 1.82) is 0 Å². The largest absolute Gasteiger partial charge is 0.480 e. The summed E-state index contributed by atoms with van der Waals surface area (Å²) in [5, 5.41) is 54.3. The number of rotatable bonds is 11. The number of nitrogens with zero attached hydrogens (tertiary/aromatic N) is 1. The third-order valence-corrected chi connectivity index (χ3v) is 2.15. The Morgan fingerprint density at radius 1 is 1.05 bits per heavy atom. The Hall–Kier alpha value is -0.850. The minimum absolute atomic E-state index is 0.408. The number of aliphatic hydroxyl groups is 5. The number of carboxylic acid groups (broad SMARTS) is 1. The van der Waals surface area contributed by atoms with Gasteiger partial charge < -0.3 is 30.6 Å². The molecule has 0 radical (unpaired) electrons. The molecule has 0 spiro atoms. The quantitative estimate of drug-likeness (QED) is 0.213. The minimum Gasteiger partial charge on any atom is -0.480 e. The van der Waals surface area contributed by atoms with E-state index in [1.165, 1.54) is 6.92 Å². The van der Waals surface area contributed by atoms with Crippen LogP contribution in [0, 0.1) is 0 Å². The van der Waals surface area contributed by atoms with Gasteiger partial charge in [0.05, 0.1) is 32.5 Å². The Bertz CT molecular complexity index is 261. The monoisotopic (exact) mass is 299 g/mol. The summed E-state index contributed by atoms with van der Waals surface area (Å²) < 4.78 is 0. The zero-order valence-electron chi connectivity index (χ0n) is 11.0. The summed E-state index contributed by atoms with van der Waals surface area (Å²) in [7, 11) is 0. The van der Waals surface area contributed by atoms with Gasteiger partial charge in [-0.3, -0.25) is 14.5 Å². The Balaban J connectivity index is 4.69. The standard InChI is InChI=1S/C10H21NO9/c1-6(14)9(10(17)18)11(19-4-7(15)2-12)20-5-8(16)3-13/h6-9,12-16H,2-5H2,1H3,(H,17,18)/t6-,7?,8?,9+/m1/s1. The fourth-order valence-corrected chi connectivity index (χ4v) is 1.09. The van der Waals surface area contributed by atoms with Gasteiger partial charge in [-0.25, -0.2) is 0 Å². The molecule has 20 heavy (non-hydrogen) atoms. The van der Waals surface area contributed by atoms with Gasteiger partial charge in [0.1, 0.15) is 12.2 Å². The highest BCUT2D eigenvalue weighted by molar-refractivity contribution is 5.73. The normalized spacial score (nSPS) is 17.8. The molecule has 10 heteroatoms. The van der Waals surface area contributed by atoms with Crippen molar-refractivity contribution in [3.8, 4) is 0 Å². The van der Waals surface area contributed by atoms with Crippen LogP contribution in [0.4, 0.5) is 0 Å². The van der Waals surface area contributed by atoms with Crippen LogP contribution in [0.2, 0.25) is 0 Å². The summed E-state index contributed by atoms with van der Waals surface area (Å²) in [6.07, 6.45) is -3.93. The van der Waals surface area contributed by atoms with Crippen LogP contribution >= 0.6 is 0 Å². The zero-order chi connectivity index (χ0) is 15.7. The molecule has 0 aromatic rings. The van der Waals surface area contributed by atoms with E-state index in [0.717, 1.165) is 0 Å². The van der Waals surface area contributed by atoms with Crippen molar-refractivity contribution in [1.82, 2.24) is 5.23 Å². The molecule has 0 amide bonds. The molecule has 0 heterocycles. The van der Waals surface area contributed by atoms with Gasteiger partial charge in [-0.1, -0.05) is 0 Å².